The first-order valence-corrected chi connectivity index (χ1v) is 9.99. The number of likely N-dealkylation sites (tertiary alicyclic amines) is 1. The number of benzene rings is 1. The summed E-state index contributed by atoms with van der Waals surface area (Å²) >= 11 is 0. The van der Waals surface area contributed by atoms with E-state index in [0.29, 0.717) is 12.6 Å². The Kier molecular flexibility index (Phi) is 8.25. The number of piperidine rings is 1. The minimum absolute atomic E-state index is 0.0390. The summed E-state index contributed by atoms with van der Waals surface area (Å²) in [7, 11) is 0. The molecule has 6 heteroatoms. The quantitative estimate of drug-likeness (QED) is 0.647. The lowest BCUT2D eigenvalue weighted by Gasteiger charge is -2.33. The minimum Gasteiger partial charge on any atom is -0.350 e. The van der Waals surface area contributed by atoms with Crippen LogP contribution in [0.4, 0.5) is 0 Å². The molecule has 0 spiro atoms. The van der Waals surface area contributed by atoms with Gasteiger partial charge in [0.1, 0.15) is 0 Å². The van der Waals surface area contributed by atoms with Crippen molar-refractivity contribution in [3.63, 3.8) is 0 Å². The molecule has 2 amide bonds. The Morgan fingerprint density at radius 2 is 1.89 bits per heavy atom. The molecule has 1 aromatic rings. The third-order valence-electron chi connectivity index (χ3n) is 5.35. The Morgan fingerprint density at radius 1 is 1.19 bits per heavy atom. The van der Waals surface area contributed by atoms with Gasteiger partial charge in [-0.05, 0) is 43.4 Å². The first-order valence-electron chi connectivity index (χ1n) is 9.99. The van der Waals surface area contributed by atoms with Gasteiger partial charge in [-0.15, -0.1) is 0 Å². The number of nitrogens with two attached hydrogens (primary N) is 1. The van der Waals surface area contributed by atoms with Crippen LogP contribution in [-0.4, -0.2) is 41.9 Å². The molecule has 150 valence electrons. The molecule has 27 heavy (non-hydrogen) atoms. The van der Waals surface area contributed by atoms with Crippen LogP contribution in [0.5, 0.6) is 0 Å². The minimum atomic E-state index is -0.593. The Bertz CT molecular complexity index is 632. The molecule has 1 unspecified atom stereocenters. The molecular weight excluding hydrogens is 340 g/mol. The fraction of sp³-hybridized carbons (Fsp3) is 0.619. The van der Waals surface area contributed by atoms with Gasteiger partial charge in [-0.1, -0.05) is 44.5 Å². The molecule has 1 aliphatic heterocycles. The van der Waals surface area contributed by atoms with Crippen LogP contribution < -0.4 is 16.4 Å². The number of hydrogen-bond acceptors (Lipinski definition) is 4. The molecule has 1 aromatic carbocycles. The van der Waals surface area contributed by atoms with Crippen molar-refractivity contribution in [1.29, 1.82) is 0 Å². The Labute approximate surface area is 162 Å². The second kappa shape index (κ2) is 10.4. The van der Waals surface area contributed by atoms with Crippen molar-refractivity contribution in [1.82, 2.24) is 15.5 Å². The topological polar surface area (TPSA) is 87.5 Å². The maximum Gasteiger partial charge on any atom is 0.239 e. The molecule has 0 aliphatic carbocycles. The Balaban J connectivity index is 1.85. The third-order valence-corrected chi connectivity index (χ3v) is 5.35. The lowest BCUT2D eigenvalue weighted by Crippen LogP contribution is -2.47. The van der Waals surface area contributed by atoms with Crippen molar-refractivity contribution < 1.29 is 9.59 Å². The summed E-state index contributed by atoms with van der Waals surface area (Å²) in [5.41, 5.74) is 8.15. The second-order valence-corrected chi connectivity index (χ2v) is 7.85. The Hall–Kier alpha value is -1.92. The predicted molar refractivity (Wildman–Crippen MR) is 108 cm³/mol. The van der Waals surface area contributed by atoms with Gasteiger partial charge in [0.15, 0.2) is 0 Å². The standard InChI is InChI=1S/C21H34N4O2/c1-15(2)20(22)21(27)24-13-19(26)23-12-17-9-4-5-10-18(17)14-25-11-7-6-8-16(25)3/h4-5,9-10,15-16,20H,6-8,11-14,22H2,1-3H3,(H,23,26)(H,24,27)/t16?,20-/m0/s1. The van der Waals surface area contributed by atoms with E-state index in [1.54, 1.807) is 0 Å². The van der Waals surface area contributed by atoms with Crippen molar-refractivity contribution in [3.8, 4) is 0 Å². The maximum absolute atomic E-state index is 12.1. The van der Waals surface area contributed by atoms with Gasteiger partial charge < -0.3 is 16.4 Å². The zero-order valence-corrected chi connectivity index (χ0v) is 16.8. The number of nitrogens with zero attached hydrogens (tertiary/aromatic N) is 1. The van der Waals surface area contributed by atoms with Gasteiger partial charge in [-0.25, -0.2) is 0 Å². The van der Waals surface area contributed by atoms with Crippen LogP contribution in [0.2, 0.25) is 0 Å². The van der Waals surface area contributed by atoms with Gasteiger partial charge in [0, 0.05) is 19.1 Å². The van der Waals surface area contributed by atoms with Gasteiger partial charge in [0.25, 0.3) is 0 Å². The molecule has 4 N–H and O–H groups in total. The predicted octanol–water partition coefficient (Wildman–Crippen LogP) is 1.78. The molecule has 2 atom stereocenters. The molecular formula is C21H34N4O2. The SMILES string of the molecule is CC(C)[C@H](N)C(=O)NCC(=O)NCc1ccccc1CN1CCCCC1C. The van der Waals surface area contributed by atoms with Crippen LogP contribution in [0.25, 0.3) is 0 Å². The van der Waals surface area contributed by atoms with Crippen LogP contribution in [0.3, 0.4) is 0 Å². The van der Waals surface area contributed by atoms with E-state index in [1.165, 1.54) is 24.8 Å². The first-order chi connectivity index (χ1) is 12.9. The average molecular weight is 375 g/mol. The molecule has 0 radical (unpaired) electrons. The van der Waals surface area contributed by atoms with Gasteiger partial charge in [0.2, 0.25) is 11.8 Å². The Morgan fingerprint density at radius 3 is 2.56 bits per heavy atom. The van der Waals surface area contributed by atoms with E-state index in [-0.39, 0.29) is 24.3 Å². The lowest BCUT2D eigenvalue weighted by atomic mass is 10.0. The third kappa shape index (κ3) is 6.63. The van der Waals surface area contributed by atoms with Crippen LogP contribution in [0, 0.1) is 5.92 Å². The van der Waals surface area contributed by atoms with Gasteiger partial charge >= 0.3 is 0 Å². The number of carbonyl (C=O) groups excluding carboxylic acids is 2. The number of nitrogens with one attached hydrogen (secondary N) is 2. The summed E-state index contributed by atoms with van der Waals surface area (Å²) in [5.74, 6) is -0.461. The highest BCUT2D eigenvalue weighted by molar-refractivity contribution is 5.87. The van der Waals surface area contributed by atoms with Crippen molar-refractivity contribution in [2.75, 3.05) is 13.1 Å². The fourth-order valence-corrected chi connectivity index (χ4v) is 3.34. The van der Waals surface area contributed by atoms with Crippen molar-refractivity contribution in [2.24, 2.45) is 11.7 Å². The normalized spacial score (nSPS) is 18.9. The highest BCUT2D eigenvalue weighted by atomic mass is 16.2. The summed E-state index contributed by atoms with van der Waals surface area (Å²) in [6.45, 7) is 8.49. The number of hydrogen-bond donors (Lipinski definition) is 3. The highest BCUT2D eigenvalue weighted by Gasteiger charge is 2.20. The molecule has 2 rings (SSSR count). The number of amides is 2. The first kappa shape index (κ1) is 21.4. The largest absolute Gasteiger partial charge is 0.350 e. The van der Waals surface area contributed by atoms with E-state index in [1.807, 2.05) is 26.0 Å². The summed E-state index contributed by atoms with van der Waals surface area (Å²) in [6, 6.07) is 8.23. The molecule has 1 aliphatic rings. The van der Waals surface area contributed by atoms with Crippen molar-refractivity contribution in [2.45, 2.75) is 65.2 Å². The van der Waals surface area contributed by atoms with Crippen LogP contribution in [-0.2, 0) is 22.7 Å². The molecule has 0 aromatic heterocycles. The molecule has 0 saturated carbocycles. The molecule has 0 bridgehead atoms. The van der Waals surface area contributed by atoms with Gasteiger partial charge in [0.05, 0.1) is 12.6 Å². The van der Waals surface area contributed by atoms with E-state index < -0.39 is 6.04 Å². The summed E-state index contributed by atoms with van der Waals surface area (Å²) in [6.07, 6.45) is 3.81. The zero-order valence-electron chi connectivity index (χ0n) is 16.8. The number of carbonyl (C=O) groups is 2. The molecule has 1 heterocycles. The zero-order chi connectivity index (χ0) is 19.8. The van der Waals surface area contributed by atoms with E-state index in [2.05, 4.69) is 34.6 Å². The lowest BCUT2D eigenvalue weighted by molar-refractivity contribution is -0.127. The molecule has 6 nitrogen and oxygen atoms in total. The van der Waals surface area contributed by atoms with Gasteiger partial charge in [-0.2, -0.15) is 0 Å². The highest BCUT2D eigenvalue weighted by Crippen LogP contribution is 2.20. The van der Waals surface area contributed by atoms with E-state index in [0.717, 1.165) is 18.7 Å². The van der Waals surface area contributed by atoms with Gasteiger partial charge in [-0.3, -0.25) is 14.5 Å². The van der Waals surface area contributed by atoms with Crippen molar-refractivity contribution >= 4 is 11.8 Å². The van der Waals surface area contributed by atoms with E-state index in [9.17, 15) is 9.59 Å². The van der Waals surface area contributed by atoms with E-state index >= 15 is 0 Å². The number of rotatable bonds is 8. The smallest absolute Gasteiger partial charge is 0.239 e. The fourth-order valence-electron chi connectivity index (χ4n) is 3.34. The monoisotopic (exact) mass is 374 g/mol. The average Bonchev–Trinajstić information content (AvgIpc) is 2.66. The summed E-state index contributed by atoms with van der Waals surface area (Å²) in [5, 5.41) is 5.50. The van der Waals surface area contributed by atoms with Crippen LogP contribution in [0.15, 0.2) is 24.3 Å². The summed E-state index contributed by atoms with van der Waals surface area (Å²) in [4.78, 5) is 26.4. The van der Waals surface area contributed by atoms with Crippen LogP contribution >= 0.6 is 0 Å². The molecule has 1 fully saturated rings. The summed E-state index contributed by atoms with van der Waals surface area (Å²) < 4.78 is 0. The van der Waals surface area contributed by atoms with Crippen LogP contribution in [0.1, 0.15) is 51.2 Å². The molecule has 1 saturated heterocycles. The second-order valence-electron chi connectivity index (χ2n) is 7.85. The van der Waals surface area contributed by atoms with Crippen molar-refractivity contribution in [3.05, 3.63) is 35.4 Å². The van der Waals surface area contributed by atoms with E-state index in [4.69, 9.17) is 5.73 Å². The maximum atomic E-state index is 12.1.